The number of aliphatic hydroxyl groups is 1. The lowest BCUT2D eigenvalue weighted by molar-refractivity contribution is 0.111. The van der Waals surface area contributed by atoms with Crippen LogP contribution in [0.2, 0.25) is 0 Å². The van der Waals surface area contributed by atoms with E-state index in [2.05, 4.69) is 20.8 Å². The van der Waals surface area contributed by atoms with Crippen LogP contribution in [-0.2, 0) is 6.54 Å². The van der Waals surface area contributed by atoms with E-state index in [9.17, 15) is 4.39 Å². The molecule has 4 heteroatoms. The van der Waals surface area contributed by atoms with Gasteiger partial charge in [-0.15, -0.1) is 0 Å². The van der Waals surface area contributed by atoms with Gasteiger partial charge in [-0.2, -0.15) is 0 Å². The van der Waals surface area contributed by atoms with Gasteiger partial charge in [-0.1, -0.05) is 28.4 Å². The first-order chi connectivity index (χ1) is 8.70. The first-order valence-electron chi connectivity index (χ1n) is 6.49. The van der Waals surface area contributed by atoms with E-state index in [4.69, 9.17) is 5.11 Å². The molecule has 0 aromatic heterocycles. The number of piperidine rings is 1. The minimum Gasteiger partial charge on any atom is -0.396 e. The average Bonchev–Trinajstić information content (AvgIpc) is 2.35. The zero-order valence-electron chi connectivity index (χ0n) is 10.4. The lowest BCUT2D eigenvalue weighted by atomic mass is 9.99. The number of nitrogens with zero attached hydrogens (tertiary/aromatic N) is 1. The second kappa shape index (κ2) is 6.64. The molecule has 18 heavy (non-hydrogen) atoms. The molecule has 2 rings (SSSR count). The van der Waals surface area contributed by atoms with Crippen LogP contribution in [-0.4, -0.2) is 29.2 Å². The number of aliphatic hydroxyl groups excluding tert-OH is 1. The number of hydrogen-bond acceptors (Lipinski definition) is 2. The third-order valence-electron chi connectivity index (χ3n) is 3.60. The summed E-state index contributed by atoms with van der Waals surface area (Å²) in [7, 11) is 0. The van der Waals surface area contributed by atoms with E-state index in [0.717, 1.165) is 29.4 Å². The van der Waals surface area contributed by atoms with Gasteiger partial charge in [0.25, 0.3) is 0 Å². The summed E-state index contributed by atoms with van der Waals surface area (Å²) < 4.78 is 14.6. The van der Waals surface area contributed by atoms with Crippen LogP contribution >= 0.6 is 15.9 Å². The van der Waals surface area contributed by atoms with Gasteiger partial charge in [-0.3, -0.25) is 4.90 Å². The number of rotatable bonds is 4. The van der Waals surface area contributed by atoms with E-state index in [1.54, 1.807) is 0 Å². The van der Waals surface area contributed by atoms with Crippen LogP contribution in [0.5, 0.6) is 0 Å². The van der Waals surface area contributed by atoms with Crippen molar-refractivity contribution < 1.29 is 9.50 Å². The minimum absolute atomic E-state index is 0.155. The van der Waals surface area contributed by atoms with Gasteiger partial charge in [0.15, 0.2) is 0 Å². The highest BCUT2D eigenvalue weighted by molar-refractivity contribution is 9.10. The van der Waals surface area contributed by atoms with Crippen LogP contribution in [0.25, 0.3) is 0 Å². The van der Waals surface area contributed by atoms with Gasteiger partial charge < -0.3 is 5.11 Å². The molecule has 2 nitrogen and oxygen atoms in total. The number of benzene rings is 1. The molecule has 1 aromatic rings. The van der Waals surface area contributed by atoms with Crippen molar-refractivity contribution in [3.63, 3.8) is 0 Å². The van der Waals surface area contributed by atoms with Crippen molar-refractivity contribution >= 4 is 15.9 Å². The second-order valence-electron chi connectivity index (χ2n) is 4.87. The van der Waals surface area contributed by atoms with Crippen LogP contribution in [0, 0.1) is 5.82 Å². The number of hydrogen-bond donors (Lipinski definition) is 1. The summed E-state index contributed by atoms with van der Waals surface area (Å²) in [4.78, 5) is 2.30. The fourth-order valence-corrected chi connectivity index (χ4v) is 2.95. The maximum atomic E-state index is 13.8. The molecule has 1 saturated heterocycles. The van der Waals surface area contributed by atoms with Gasteiger partial charge in [-0.25, -0.2) is 4.39 Å². The molecule has 1 heterocycles. The molecule has 1 fully saturated rings. The highest BCUT2D eigenvalue weighted by atomic mass is 79.9. The SMILES string of the molecule is OCC[C@@H]1CCCCN1Cc1ccc(Br)cc1F. The third-order valence-corrected chi connectivity index (χ3v) is 4.09. The lowest BCUT2D eigenvalue weighted by Gasteiger charge is -2.35. The average molecular weight is 316 g/mol. The summed E-state index contributed by atoms with van der Waals surface area (Å²) in [6.07, 6.45) is 4.28. The molecular formula is C14H19BrFNO. The van der Waals surface area contributed by atoms with Crippen molar-refractivity contribution in [1.82, 2.24) is 4.90 Å². The fraction of sp³-hybridized carbons (Fsp3) is 0.571. The molecule has 1 atom stereocenters. The van der Waals surface area contributed by atoms with E-state index >= 15 is 0 Å². The van der Waals surface area contributed by atoms with Gasteiger partial charge in [0.05, 0.1) is 0 Å². The summed E-state index contributed by atoms with van der Waals surface area (Å²) in [5.41, 5.74) is 0.739. The first kappa shape index (κ1) is 14.0. The Morgan fingerprint density at radius 2 is 2.22 bits per heavy atom. The number of likely N-dealkylation sites (tertiary alicyclic amines) is 1. The summed E-state index contributed by atoms with van der Waals surface area (Å²) in [6, 6.07) is 5.63. The third kappa shape index (κ3) is 3.53. The Balaban J connectivity index is 2.06. The van der Waals surface area contributed by atoms with E-state index in [1.807, 2.05) is 12.1 Å². The van der Waals surface area contributed by atoms with Gasteiger partial charge in [0.1, 0.15) is 5.82 Å². The molecule has 0 bridgehead atoms. The summed E-state index contributed by atoms with van der Waals surface area (Å²) in [5.74, 6) is -0.155. The largest absolute Gasteiger partial charge is 0.396 e. The predicted octanol–water partition coefficient (Wildman–Crippen LogP) is 3.33. The molecule has 0 amide bonds. The van der Waals surface area contributed by atoms with Crippen molar-refractivity contribution in [1.29, 1.82) is 0 Å². The molecule has 0 aliphatic carbocycles. The van der Waals surface area contributed by atoms with Gasteiger partial charge in [0, 0.05) is 29.2 Å². The zero-order chi connectivity index (χ0) is 13.0. The topological polar surface area (TPSA) is 23.5 Å². The summed E-state index contributed by atoms with van der Waals surface area (Å²) >= 11 is 3.27. The standard InChI is InChI=1S/C14H19BrFNO/c15-12-5-4-11(14(16)9-12)10-17-7-2-1-3-13(17)6-8-18/h4-5,9,13,18H,1-3,6-8,10H2/t13-/m0/s1. The summed E-state index contributed by atoms with van der Waals surface area (Å²) in [6.45, 7) is 1.86. The highest BCUT2D eigenvalue weighted by Crippen LogP contribution is 2.23. The van der Waals surface area contributed by atoms with Crippen LogP contribution < -0.4 is 0 Å². The maximum absolute atomic E-state index is 13.8. The van der Waals surface area contributed by atoms with E-state index in [-0.39, 0.29) is 12.4 Å². The monoisotopic (exact) mass is 315 g/mol. The molecule has 1 N–H and O–H groups in total. The van der Waals surface area contributed by atoms with Crippen LogP contribution in [0.15, 0.2) is 22.7 Å². The Bertz CT molecular complexity index is 397. The Labute approximate surface area is 116 Å². The normalized spacial score (nSPS) is 21.2. The molecule has 0 radical (unpaired) electrons. The zero-order valence-corrected chi connectivity index (χ0v) is 12.0. The van der Waals surface area contributed by atoms with Crippen LogP contribution in [0.4, 0.5) is 4.39 Å². The van der Waals surface area contributed by atoms with E-state index < -0.39 is 0 Å². The van der Waals surface area contributed by atoms with Crippen LogP contribution in [0.1, 0.15) is 31.2 Å². The Hall–Kier alpha value is -0.450. The van der Waals surface area contributed by atoms with Crippen molar-refractivity contribution in [2.45, 2.75) is 38.3 Å². The molecule has 1 aliphatic heterocycles. The van der Waals surface area contributed by atoms with E-state index in [1.165, 1.54) is 18.9 Å². The van der Waals surface area contributed by atoms with Crippen molar-refractivity contribution in [3.8, 4) is 0 Å². The van der Waals surface area contributed by atoms with Crippen molar-refractivity contribution in [2.75, 3.05) is 13.2 Å². The molecule has 0 saturated carbocycles. The fourth-order valence-electron chi connectivity index (χ4n) is 2.61. The second-order valence-corrected chi connectivity index (χ2v) is 5.78. The van der Waals surface area contributed by atoms with Crippen molar-refractivity contribution in [3.05, 3.63) is 34.1 Å². The van der Waals surface area contributed by atoms with Crippen LogP contribution in [0.3, 0.4) is 0 Å². The maximum Gasteiger partial charge on any atom is 0.128 e. The van der Waals surface area contributed by atoms with Gasteiger partial charge in [0.2, 0.25) is 0 Å². The lowest BCUT2D eigenvalue weighted by Crippen LogP contribution is -2.39. The Kier molecular flexibility index (Phi) is 5.15. The highest BCUT2D eigenvalue weighted by Gasteiger charge is 2.22. The molecule has 1 aromatic carbocycles. The molecule has 1 aliphatic rings. The van der Waals surface area contributed by atoms with Gasteiger partial charge in [-0.05, 0) is 37.9 Å². The Morgan fingerprint density at radius 1 is 1.39 bits per heavy atom. The van der Waals surface area contributed by atoms with Crippen molar-refractivity contribution in [2.24, 2.45) is 0 Å². The molecule has 0 spiro atoms. The molecule has 100 valence electrons. The minimum atomic E-state index is -0.155. The Morgan fingerprint density at radius 3 is 2.94 bits per heavy atom. The predicted molar refractivity (Wildman–Crippen MR) is 73.9 cm³/mol. The molecular weight excluding hydrogens is 297 g/mol. The van der Waals surface area contributed by atoms with E-state index in [0.29, 0.717) is 12.6 Å². The smallest absolute Gasteiger partial charge is 0.128 e. The summed E-state index contributed by atoms with van der Waals surface area (Å²) in [5, 5.41) is 9.09. The quantitative estimate of drug-likeness (QED) is 0.921. The van der Waals surface area contributed by atoms with Gasteiger partial charge >= 0.3 is 0 Å². The number of halogens is 2. The molecule has 0 unspecified atom stereocenters. The first-order valence-corrected chi connectivity index (χ1v) is 7.29.